The van der Waals surface area contributed by atoms with Gasteiger partial charge in [0, 0.05) is 38.0 Å². The van der Waals surface area contributed by atoms with Gasteiger partial charge in [-0.25, -0.2) is 13.0 Å². The lowest BCUT2D eigenvalue weighted by Crippen LogP contribution is -2.55. The number of carbonyl (C=O) groups excluding carboxylic acids is 1. The molecule has 4 rings (SSSR count). The summed E-state index contributed by atoms with van der Waals surface area (Å²) in [6.45, 7) is 3.29. The van der Waals surface area contributed by atoms with Crippen molar-refractivity contribution in [1.29, 1.82) is 0 Å². The number of aromatic nitrogens is 2. The van der Waals surface area contributed by atoms with Crippen LogP contribution in [-0.4, -0.2) is 65.3 Å². The average Bonchev–Trinajstić information content (AvgIpc) is 2.98. The number of aryl methyl sites for hydroxylation is 1. The van der Waals surface area contributed by atoms with E-state index in [4.69, 9.17) is 4.74 Å². The van der Waals surface area contributed by atoms with Gasteiger partial charge in [-0.3, -0.25) is 4.79 Å². The minimum Gasteiger partial charge on any atom is -0.485 e. The number of rotatable bonds is 3. The molecule has 0 saturated carbocycles. The van der Waals surface area contributed by atoms with Crippen LogP contribution in [0, 0.1) is 6.92 Å². The van der Waals surface area contributed by atoms with Gasteiger partial charge in [0.25, 0.3) is 0 Å². The maximum absolute atomic E-state index is 12.6. The van der Waals surface area contributed by atoms with Crippen molar-refractivity contribution in [1.82, 2.24) is 19.5 Å². The molecule has 10 heteroatoms. The number of para-hydroxylation sites is 1. The Hall–Kier alpha value is -2.46. The zero-order chi connectivity index (χ0) is 20.6. The third-order valence-corrected chi connectivity index (χ3v) is 6.87. The highest BCUT2D eigenvalue weighted by Crippen LogP contribution is 2.36. The molecular formula is C19H24N4O5S. The van der Waals surface area contributed by atoms with Crippen LogP contribution in [0.15, 0.2) is 28.9 Å². The molecule has 1 fully saturated rings. The predicted octanol–water partition coefficient (Wildman–Crippen LogP) is 1.14. The maximum Gasteiger partial charge on any atom is 0.228 e. The summed E-state index contributed by atoms with van der Waals surface area (Å²) in [5, 5.41) is 7.48. The first-order valence-electron chi connectivity index (χ1n) is 9.54. The highest BCUT2D eigenvalue weighted by atomic mass is 32.2. The molecule has 9 nitrogen and oxygen atoms in total. The molecule has 0 radical (unpaired) electrons. The van der Waals surface area contributed by atoms with Gasteiger partial charge in [0.2, 0.25) is 15.9 Å². The summed E-state index contributed by atoms with van der Waals surface area (Å²) >= 11 is 0. The fraction of sp³-hybridized carbons (Fsp3) is 0.526. The van der Waals surface area contributed by atoms with Crippen LogP contribution in [0.3, 0.4) is 0 Å². The first kappa shape index (κ1) is 19.8. The van der Waals surface area contributed by atoms with Gasteiger partial charge in [-0.2, -0.15) is 4.31 Å². The molecule has 1 aromatic heterocycles. The topological polar surface area (TPSA) is 106 Å². The number of carbonyl (C=O) groups is 1. The van der Waals surface area contributed by atoms with Crippen LogP contribution < -0.4 is 4.74 Å². The van der Waals surface area contributed by atoms with E-state index in [9.17, 15) is 13.2 Å². The molecule has 2 aliphatic heterocycles. The summed E-state index contributed by atoms with van der Waals surface area (Å²) in [5.74, 6) is 0.662. The van der Waals surface area contributed by atoms with E-state index in [1.165, 1.54) is 10.6 Å². The summed E-state index contributed by atoms with van der Waals surface area (Å²) in [4.78, 5) is 14.4. The van der Waals surface area contributed by atoms with Gasteiger partial charge in [0.15, 0.2) is 0 Å². The summed E-state index contributed by atoms with van der Waals surface area (Å²) in [6.07, 6.45) is 2.47. The first-order valence-corrected chi connectivity index (χ1v) is 11.4. The molecule has 29 heavy (non-hydrogen) atoms. The molecule has 0 atom stereocenters. The second-order valence-corrected chi connectivity index (χ2v) is 9.76. The van der Waals surface area contributed by atoms with E-state index in [1.54, 1.807) is 11.8 Å². The number of ether oxygens (including phenoxy) is 1. The van der Waals surface area contributed by atoms with Gasteiger partial charge in [-0.05, 0) is 13.0 Å². The number of fused-ring (bicyclic) bond motifs is 1. The third-order valence-electron chi connectivity index (χ3n) is 5.67. The summed E-state index contributed by atoms with van der Waals surface area (Å²) in [6, 6.07) is 7.53. The van der Waals surface area contributed by atoms with Crippen molar-refractivity contribution in [2.45, 2.75) is 38.3 Å². The van der Waals surface area contributed by atoms with Gasteiger partial charge < -0.3 is 9.64 Å². The molecule has 1 amide bonds. The molecule has 1 saturated heterocycles. The maximum atomic E-state index is 12.6. The van der Waals surface area contributed by atoms with Crippen LogP contribution in [0.2, 0.25) is 0 Å². The number of nitrogens with zero attached hydrogens (tertiary/aromatic N) is 4. The number of piperidine rings is 1. The van der Waals surface area contributed by atoms with E-state index in [2.05, 4.69) is 14.9 Å². The van der Waals surface area contributed by atoms with Gasteiger partial charge in [0.05, 0.1) is 19.2 Å². The van der Waals surface area contributed by atoms with E-state index in [0.29, 0.717) is 43.1 Å². The van der Waals surface area contributed by atoms with E-state index in [-0.39, 0.29) is 25.4 Å². The van der Waals surface area contributed by atoms with Crippen LogP contribution in [0.4, 0.5) is 0 Å². The zero-order valence-electron chi connectivity index (χ0n) is 16.5. The van der Waals surface area contributed by atoms with Crippen molar-refractivity contribution >= 4 is 15.9 Å². The Balaban J connectivity index is 1.51. The minimum absolute atomic E-state index is 0.0485. The van der Waals surface area contributed by atoms with Crippen molar-refractivity contribution in [2.24, 2.45) is 0 Å². The predicted molar refractivity (Wildman–Crippen MR) is 104 cm³/mol. The quantitative estimate of drug-likeness (QED) is 0.733. The van der Waals surface area contributed by atoms with Crippen LogP contribution >= 0.6 is 0 Å². The summed E-state index contributed by atoms with van der Waals surface area (Å²) in [7, 11) is -3.39. The molecular weight excluding hydrogens is 396 g/mol. The fourth-order valence-corrected chi connectivity index (χ4v) is 4.73. The Labute approximate surface area is 169 Å². The molecule has 0 aliphatic carbocycles. The Morgan fingerprint density at radius 1 is 1.21 bits per heavy atom. The van der Waals surface area contributed by atoms with Gasteiger partial charge in [-0.1, -0.05) is 28.5 Å². The third kappa shape index (κ3) is 4.13. The van der Waals surface area contributed by atoms with Crippen LogP contribution in [0.25, 0.3) is 0 Å². The molecule has 2 aliphatic rings. The molecule has 156 valence electrons. The number of sulfonamides is 1. The van der Waals surface area contributed by atoms with Crippen molar-refractivity contribution in [2.75, 3.05) is 25.9 Å². The number of likely N-dealkylation sites (tertiary alicyclic amines) is 1. The zero-order valence-corrected chi connectivity index (χ0v) is 17.3. The number of hydrogen-bond donors (Lipinski definition) is 0. The lowest BCUT2D eigenvalue weighted by Gasteiger charge is -2.42. The van der Waals surface area contributed by atoms with E-state index in [1.807, 2.05) is 24.3 Å². The number of benzene rings is 1. The highest BCUT2D eigenvalue weighted by molar-refractivity contribution is 7.88. The SMILES string of the molecule is Cc1nonc1CC(=O)N1CCC2(CC1)CN(S(C)(=O)=O)Cc1ccccc1O2. The largest absolute Gasteiger partial charge is 0.485 e. The van der Waals surface area contributed by atoms with Crippen LogP contribution in [0.1, 0.15) is 29.8 Å². The molecule has 0 unspecified atom stereocenters. The Bertz CT molecular complexity index is 1010. The summed E-state index contributed by atoms with van der Waals surface area (Å²) in [5.41, 5.74) is 1.34. The molecule has 0 bridgehead atoms. The Morgan fingerprint density at radius 2 is 1.93 bits per heavy atom. The summed E-state index contributed by atoms with van der Waals surface area (Å²) < 4.78 is 37.2. The van der Waals surface area contributed by atoms with Gasteiger partial charge in [0.1, 0.15) is 22.7 Å². The first-order chi connectivity index (χ1) is 13.8. The van der Waals surface area contributed by atoms with Crippen molar-refractivity contribution in [3.05, 3.63) is 41.2 Å². The van der Waals surface area contributed by atoms with Crippen LogP contribution in [0.5, 0.6) is 5.75 Å². The normalized spacial score (nSPS) is 19.4. The smallest absolute Gasteiger partial charge is 0.228 e. The van der Waals surface area contributed by atoms with Crippen molar-refractivity contribution in [3.63, 3.8) is 0 Å². The molecule has 1 aromatic carbocycles. The molecule has 3 heterocycles. The Morgan fingerprint density at radius 3 is 2.59 bits per heavy atom. The van der Waals surface area contributed by atoms with Crippen molar-refractivity contribution in [3.8, 4) is 5.75 Å². The van der Waals surface area contributed by atoms with Crippen molar-refractivity contribution < 1.29 is 22.6 Å². The highest BCUT2D eigenvalue weighted by Gasteiger charge is 2.43. The van der Waals surface area contributed by atoms with Gasteiger partial charge in [-0.15, -0.1) is 0 Å². The Kier molecular flexibility index (Phi) is 5.07. The second-order valence-electron chi connectivity index (χ2n) is 7.78. The van der Waals surface area contributed by atoms with E-state index in [0.717, 1.165) is 5.56 Å². The van der Waals surface area contributed by atoms with Crippen LogP contribution in [-0.2, 0) is 27.8 Å². The lowest BCUT2D eigenvalue weighted by molar-refractivity contribution is -0.134. The van der Waals surface area contributed by atoms with E-state index >= 15 is 0 Å². The molecule has 0 N–H and O–H groups in total. The lowest BCUT2D eigenvalue weighted by atomic mass is 9.90. The van der Waals surface area contributed by atoms with E-state index < -0.39 is 15.6 Å². The molecule has 1 spiro atoms. The fourth-order valence-electron chi connectivity index (χ4n) is 3.89. The second kappa shape index (κ2) is 7.42. The molecule has 2 aromatic rings. The number of amides is 1. The average molecular weight is 420 g/mol. The standard InChI is InChI=1S/C19H24N4O5S/c1-14-16(21-28-20-14)11-18(24)22-9-7-19(8-10-22)13-23(29(2,25)26)12-15-5-3-4-6-17(15)27-19/h3-6H,7-13H2,1-2H3. The number of hydrogen-bond acceptors (Lipinski definition) is 7. The van der Waals surface area contributed by atoms with Gasteiger partial charge >= 0.3 is 0 Å². The monoisotopic (exact) mass is 420 g/mol. The minimum atomic E-state index is -3.39.